The van der Waals surface area contributed by atoms with Crippen molar-refractivity contribution in [2.45, 2.75) is 26.4 Å². The Kier molecular flexibility index (Phi) is 6.22. The molecule has 0 radical (unpaired) electrons. The predicted octanol–water partition coefficient (Wildman–Crippen LogP) is 3.11. The number of aryl methyl sites for hydroxylation is 2. The fraction of sp³-hybridized carbons (Fsp3) is 0.286. The van der Waals surface area contributed by atoms with Gasteiger partial charge in [-0.2, -0.15) is 5.26 Å². The van der Waals surface area contributed by atoms with Crippen molar-refractivity contribution in [1.82, 2.24) is 20.2 Å². The predicted molar refractivity (Wildman–Crippen MR) is 108 cm³/mol. The first-order chi connectivity index (χ1) is 13.6. The van der Waals surface area contributed by atoms with Gasteiger partial charge in [0.15, 0.2) is 5.96 Å². The number of benzene rings is 2. The first-order valence-corrected chi connectivity index (χ1v) is 9.17. The van der Waals surface area contributed by atoms with Gasteiger partial charge in [0.25, 0.3) is 0 Å². The number of hydrogen-bond donors (Lipinski definition) is 2. The van der Waals surface area contributed by atoms with Crippen molar-refractivity contribution in [3.8, 4) is 6.07 Å². The van der Waals surface area contributed by atoms with Gasteiger partial charge < -0.3 is 15.2 Å². The zero-order valence-electron chi connectivity index (χ0n) is 16.0. The molecule has 1 aromatic heterocycles. The Morgan fingerprint density at radius 2 is 2.07 bits per heavy atom. The van der Waals surface area contributed by atoms with E-state index in [1.54, 1.807) is 13.1 Å². The fourth-order valence-corrected chi connectivity index (χ4v) is 3.10. The molecule has 0 amide bonds. The van der Waals surface area contributed by atoms with Crippen molar-refractivity contribution >= 4 is 17.0 Å². The molecule has 6 nitrogen and oxygen atoms in total. The molecule has 3 rings (SSSR count). The topological polar surface area (TPSA) is 78.0 Å². The highest BCUT2D eigenvalue weighted by molar-refractivity contribution is 5.79. The monoisotopic (exact) mass is 378 g/mol. The van der Waals surface area contributed by atoms with E-state index in [0.29, 0.717) is 23.6 Å². The molecule has 0 saturated carbocycles. The van der Waals surface area contributed by atoms with Gasteiger partial charge in [-0.05, 0) is 43.7 Å². The number of guanidine groups is 1. The number of nitrogens with zero attached hydrogens (tertiary/aromatic N) is 4. The van der Waals surface area contributed by atoms with E-state index in [1.165, 1.54) is 12.1 Å². The Balaban J connectivity index is 1.51. The van der Waals surface area contributed by atoms with Gasteiger partial charge in [-0.1, -0.05) is 12.1 Å². The molecule has 2 N–H and O–H groups in total. The summed E-state index contributed by atoms with van der Waals surface area (Å²) in [5.74, 6) is 1.25. The van der Waals surface area contributed by atoms with Crippen LogP contribution in [0.4, 0.5) is 4.39 Å². The molecule has 0 saturated heterocycles. The summed E-state index contributed by atoms with van der Waals surface area (Å²) in [5, 5.41) is 15.3. The minimum atomic E-state index is -0.343. The highest BCUT2D eigenvalue weighted by Gasteiger charge is 2.07. The second kappa shape index (κ2) is 9.00. The summed E-state index contributed by atoms with van der Waals surface area (Å²) in [6, 6.07) is 14.4. The van der Waals surface area contributed by atoms with Gasteiger partial charge >= 0.3 is 0 Å². The normalized spacial score (nSPS) is 11.4. The van der Waals surface area contributed by atoms with E-state index in [-0.39, 0.29) is 12.4 Å². The molecule has 7 heteroatoms. The van der Waals surface area contributed by atoms with Crippen molar-refractivity contribution in [3.63, 3.8) is 0 Å². The van der Waals surface area contributed by atoms with Crippen LogP contribution in [-0.4, -0.2) is 29.1 Å². The summed E-state index contributed by atoms with van der Waals surface area (Å²) in [6.45, 7) is 3.83. The maximum Gasteiger partial charge on any atom is 0.191 e. The molecule has 0 aliphatic heterocycles. The highest BCUT2D eigenvalue weighted by atomic mass is 19.1. The van der Waals surface area contributed by atoms with Gasteiger partial charge in [-0.25, -0.2) is 9.37 Å². The Labute approximate surface area is 163 Å². The fourth-order valence-electron chi connectivity index (χ4n) is 3.10. The average Bonchev–Trinajstić information content (AvgIpc) is 3.03. The lowest BCUT2D eigenvalue weighted by atomic mass is 10.1. The van der Waals surface area contributed by atoms with Crippen LogP contribution in [0.1, 0.15) is 23.4 Å². The molecule has 0 spiro atoms. The highest BCUT2D eigenvalue weighted by Crippen LogP contribution is 2.15. The van der Waals surface area contributed by atoms with Crippen molar-refractivity contribution in [1.29, 1.82) is 5.26 Å². The van der Waals surface area contributed by atoms with Crippen LogP contribution in [0.3, 0.4) is 0 Å². The largest absolute Gasteiger partial charge is 0.356 e. The zero-order chi connectivity index (χ0) is 19.9. The third kappa shape index (κ3) is 4.46. The van der Waals surface area contributed by atoms with Crippen LogP contribution in [0.2, 0.25) is 0 Å². The number of aromatic nitrogens is 2. The number of hydrogen-bond acceptors (Lipinski definition) is 3. The van der Waals surface area contributed by atoms with Gasteiger partial charge in [-0.3, -0.25) is 4.99 Å². The molecule has 0 aliphatic carbocycles. The van der Waals surface area contributed by atoms with E-state index in [0.717, 1.165) is 29.8 Å². The molecule has 0 aliphatic rings. The number of nitriles is 1. The summed E-state index contributed by atoms with van der Waals surface area (Å²) in [6.07, 6.45) is 0.889. The van der Waals surface area contributed by atoms with Crippen molar-refractivity contribution in [2.24, 2.45) is 4.99 Å². The minimum absolute atomic E-state index is 0.256. The molecule has 0 atom stereocenters. The van der Waals surface area contributed by atoms with Crippen molar-refractivity contribution < 1.29 is 4.39 Å². The number of aliphatic imine (C=N–C) groups is 1. The maximum atomic E-state index is 13.9. The van der Waals surface area contributed by atoms with Gasteiger partial charge in [0.1, 0.15) is 11.6 Å². The number of rotatable bonds is 6. The summed E-state index contributed by atoms with van der Waals surface area (Å²) >= 11 is 0. The third-order valence-corrected chi connectivity index (χ3v) is 4.54. The van der Waals surface area contributed by atoms with E-state index in [2.05, 4.69) is 31.2 Å². The van der Waals surface area contributed by atoms with E-state index in [1.807, 2.05) is 31.2 Å². The number of nitrogens with one attached hydrogen (secondary N) is 2. The molecule has 144 valence electrons. The molecule has 3 aromatic rings. The van der Waals surface area contributed by atoms with Crippen LogP contribution in [0, 0.1) is 24.1 Å². The maximum absolute atomic E-state index is 13.9. The number of fused-ring (bicyclic) bond motifs is 1. The standard InChI is InChI=1S/C21H23FN6/c1-15-27-19-6-3-4-7-20(19)28(15)11-5-10-25-21(24-2)26-14-17-12-16(13-23)8-9-18(17)22/h3-4,6-9,12H,5,10-11,14H2,1-2H3,(H2,24,25,26). The lowest BCUT2D eigenvalue weighted by molar-refractivity contribution is 0.601. The third-order valence-electron chi connectivity index (χ3n) is 4.54. The second-order valence-electron chi connectivity index (χ2n) is 6.42. The van der Waals surface area contributed by atoms with E-state index < -0.39 is 0 Å². The molecule has 2 aromatic carbocycles. The van der Waals surface area contributed by atoms with Gasteiger partial charge in [0.2, 0.25) is 0 Å². The van der Waals surface area contributed by atoms with Crippen molar-refractivity contribution in [3.05, 3.63) is 65.2 Å². The lowest BCUT2D eigenvalue weighted by Crippen LogP contribution is -2.37. The van der Waals surface area contributed by atoms with Crippen LogP contribution in [-0.2, 0) is 13.1 Å². The van der Waals surface area contributed by atoms with Crippen LogP contribution < -0.4 is 10.6 Å². The van der Waals surface area contributed by atoms with Gasteiger partial charge in [0, 0.05) is 32.2 Å². The Morgan fingerprint density at radius 3 is 2.86 bits per heavy atom. The molecule has 1 heterocycles. The number of halogens is 1. The quantitative estimate of drug-likeness (QED) is 0.392. The van der Waals surface area contributed by atoms with Crippen LogP contribution in [0.15, 0.2) is 47.5 Å². The Bertz CT molecular complexity index is 1030. The summed E-state index contributed by atoms with van der Waals surface area (Å²) in [5.41, 5.74) is 3.01. The van der Waals surface area contributed by atoms with Crippen LogP contribution >= 0.6 is 0 Å². The minimum Gasteiger partial charge on any atom is -0.356 e. The molecule has 0 unspecified atom stereocenters. The molecular weight excluding hydrogens is 355 g/mol. The zero-order valence-corrected chi connectivity index (χ0v) is 16.0. The van der Waals surface area contributed by atoms with E-state index in [4.69, 9.17) is 5.26 Å². The number of para-hydroxylation sites is 2. The van der Waals surface area contributed by atoms with E-state index in [9.17, 15) is 4.39 Å². The molecule has 0 bridgehead atoms. The SMILES string of the molecule is CN=C(NCCCn1c(C)nc2ccccc21)NCc1cc(C#N)ccc1F. The summed E-state index contributed by atoms with van der Waals surface area (Å²) < 4.78 is 16.1. The first kappa shape index (κ1) is 19.4. The smallest absolute Gasteiger partial charge is 0.191 e. The average molecular weight is 378 g/mol. The first-order valence-electron chi connectivity index (χ1n) is 9.17. The Hall–Kier alpha value is -3.40. The van der Waals surface area contributed by atoms with Crippen molar-refractivity contribution in [2.75, 3.05) is 13.6 Å². The molecular formula is C21H23FN6. The van der Waals surface area contributed by atoms with Gasteiger partial charge in [-0.15, -0.1) is 0 Å². The van der Waals surface area contributed by atoms with E-state index >= 15 is 0 Å². The van der Waals surface area contributed by atoms with Crippen LogP contribution in [0.5, 0.6) is 0 Å². The van der Waals surface area contributed by atoms with Gasteiger partial charge in [0.05, 0.1) is 22.7 Å². The summed E-state index contributed by atoms with van der Waals surface area (Å²) in [7, 11) is 1.67. The lowest BCUT2D eigenvalue weighted by Gasteiger charge is -2.13. The molecule has 28 heavy (non-hydrogen) atoms. The molecule has 0 fully saturated rings. The van der Waals surface area contributed by atoms with Crippen LogP contribution in [0.25, 0.3) is 11.0 Å². The Morgan fingerprint density at radius 1 is 1.25 bits per heavy atom. The summed E-state index contributed by atoms with van der Waals surface area (Å²) in [4.78, 5) is 8.74. The number of imidazole rings is 1. The second-order valence-corrected chi connectivity index (χ2v) is 6.42.